The Balaban J connectivity index is 2.60. The SMILES string of the molecule is CC(C)(CNC(=O)C1(N)CCCC1)S(C)(=O)=O. The first-order valence-electron chi connectivity index (χ1n) is 5.85. The molecule has 17 heavy (non-hydrogen) atoms. The molecule has 1 aliphatic rings. The number of amides is 1. The van der Waals surface area contributed by atoms with E-state index in [4.69, 9.17) is 5.73 Å². The molecule has 1 saturated carbocycles. The number of carbonyl (C=O) groups excluding carboxylic acids is 1. The van der Waals surface area contributed by atoms with Crippen LogP contribution in [0.15, 0.2) is 0 Å². The van der Waals surface area contributed by atoms with Crippen LogP contribution in [-0.4, -0.2) is 37.4 Å². The van der Waals surface area contributed by atoms with Crippen molar-refractivity contribution in [1.82, 2.24) is 5.32 Å². The van der Waals surface area contributed by atoms with Crippen LogP contribution in [0.5, 0.6) is 0 Å². The number of rotatable bonds is 4. The van der Waals surface area contributed by atoms with Gasteiger partial charge in [-0.2, -0.15) is 0 Å². The van der Waals surface area contributed by atoms with Crippen molar-refractivity contribution in [3.8, 4) is 0 Å². The minimum atomic E-state index is -3.20. The summed E-state index contributed by atoms with van der Waals surface area (Å²) in [5, 5.41) is 2.67. The smallest absolute Gasteiger partial charge is 0.240 e. The summed E-state index contributed by atoms with van der Waals surface area (Å²) in [7, 11) is -3.20. The van der Waals surface area contributed by atoms with Crippen LogP contribution in [0.2, 0.25) is 0 Å². The van der Waals surface area contributed by atoms with E-state index in [-0.39, 0.29) is 12.5 Å². The van der Waals surface area contributed by atoms with Gasteiger partial charge in [0.1, 0.15) is 0 Å². The minimum Gasteiger partial charge on any atom is -0.353 e. The van der Waals surface area contributed by atoms with Crippen LogP contribution in [0.1, 0.15) is 39.5 Å². The Hall–Kier alpha value is -0.620. The van der Waals surface area contributed by atoms with Crippen molar-refractivity contribution in [2.45, 2.75) is 49.8 Å². The molecule has 6 heteroatoms. The van der Waals surface area contributed by atoms with Gasteiger partial charge in [0.05, 0.1) is 10.3 Å². The van der Waals surface area contributed by atoms with Gasteiger partial charge in [-0.05, 0) is 26.7 Å². The average molecular weight is 262 g/mol. The first-order valence-corrected chi connectivity index (χ1v) is 7.74. The van der Waals surface area contributed by atoms with Crippen LogP contribution in [0.3, 0.4) is 0 Å². The van der Waals surface area contributed by atoms with Crippen molar-refractivity contribution in [1.29, 1.82) is 0 Å². The highest BCUT2D eigenvalue weighted by atomic mass is 32.2. The van der Waals surface area contributed by atoms with E-state index in [1.165, 1.54) is 6.26 Å². The molecule has 1 fully saturated rings. The van der Waals surface area contributed by atoms with E-state index in [2.05, 4.69) is 5.32 Å². The molecule has 0 aromatic rings. The maximum absolute atomic E-state index is 11.9. The summed E-state index contributed by atoms with van der Waals surface area (Å²) in [5.74, 6) is -0.230. The molecule has 0 aromatic heterocycles. The number of nitrogens with two attached hydrogens (primary N) is 1. The van der Waals surface area contributed by atoms with E-state index >= 15 is 0 Å². The molecular weight excluding hydrogens is 240 g/mol. The van der Waals surface area contributed by atoms with Gasteiger partial charge in [0, 0.05) is 12.8 Å². The molecule has 0 heterocycles. The van der Waals surface area contributed by atoms with Gasteiger partial charge in [-0.1, -0.05) is 12.8 Å². The fourth-order valence-corrected chi connectivity index (χ4v) is 2.17. The Morgan fingerprint density at radius 1 is 1.35 bits per heavy atom. The molecule has 100 valence electrons. The highest BCUT2D eigenvalue weighted by Crippen LogP contribution is 2.27. The third-order valence-electron chi connectivity index (χ3n) is 3.63. The molecule has 1 aliphatic carbocycles. The summed E-state index contributed by atoms with van der Waals surface area (Å²) < 4.78 is 22.0. The van der Waals surface area contributed by atoms with Gasteiger partial charge in [0.25, 0.3) is 0 Å². The van der Waals surface area contributed by atoms with Crippen LogP contribution in [0.4, 0.5) is 0 Å². The predicted molar refractivity (Wildman–Crippen MR) is 67.3 cm³/mol. The van der Waals surface area contributed by atoms with Crippen molar-refractivity contribution < 1.29 is 13.2 Å². The zero-order valence-electron chi connectivity index (χ0n) is 10.7. The van der Waals surface area contributed by atoms with Gasteiger partial charge in [-0.3, -0.25) is 4.79 Å². The first-order chi connectivity index (χ1) is 7.58. The molecular formula is C11H22N2O3S. The van der Waals surface area contributed by atoms with Gasteiger partial charge < -0.3 is 11.1 Å². The molecule has 0 saturated heterocycles. The zero-order chi connectivity index (χ0) is 13.3. The van der Waals surface area contributed by atoms with E-state index in [0.29, 0.717) is 12.8 Å². The second-order valence-corrected chi connectivity index (χ2v) is 8.23. The highest BCUT2D eigenvalue weighted by molar-refractivity contribution is 7.92. The van der Waals surface area contributed by atoms with Crippen LogP contribution in [-0.2, 0) is 14.6 Å². The Labute approximate surface area is 103 Å². The monoisotopic (exact) mass is 262 g/mol. The van der Waals surface area contributed by atoms with Gasteiger partial charge in [-0.15, -0.1) is 0 Å². The Morgan fingerprint density at radius 2 is 1.82 bits per heavy atom. The van der Waals surface area contributed by atoms with Crippen LogP contribution in [0.25, 0.3) is 0 Å². The molecule has 1 amide bonds. The van der Waals surface area contributed by atoms with Crippen molar-refractivity contribution in [3.05, 3.63) is 0 Å². The number of nitrogens with one attached hydrogen (secondary N) is 1. The topological polar surface area (TPSA) is 89.3 Å². The quantitative estimate of drug-likeness (QED) is 0.757. The second-order valence-electron chi connectivity index (χ2n) is 5.58. The van der Waals surface area contributed by atoms with E-state index in [1.54, 1.807) is 13.8 Å². The van der Waals surface area contributed by atoms with Gasteiger partial charge >= 0.3 is 0 Å². The molecule has 5 nitrogen and oxygen atoms in total. The summed E-state index contributed by atoms with van der Waals surface area (Å²) in [6.45, 7) is 3.30. The molecule has 0 atom stereocenters. The van der Waals surface area contributed by atoms with Crippen molar-refractivity contribution in [2.75, 3.05) is 12.8 Å². The fraction of sp³-hybridized carbons (Fsp3) is 0.909. The molecule has 0 bridgehead atoms. The van der Waals surface area contributed by atoms with Crippen LogP contribution < -0.4 is 11.1 Å². The summed E-state index contributed by atoms with van der Waals surface area (Å²) in [5.41, 5.74) is 5.18. The predicted octanol–water partition coefficient (Wildman–Crippen LogP) is 0.197. The Morgan fingerprint density at radius 3 is 2.24 bits per heavy atom. The average Bonchev–Trinajstić information content (AvgIpc) is 2.61. The third-order valence-corrected chi connectivity index (χ3v) is 5.78. The van der Waals surface area contributed by atoms with Gasteiger partial charge in [0.15, 0.2) is 9.84 Å². The van der Waals surface area contributed by atoms with Crippen molar-refractivity contribution >= 4 is 15.7 Å². The first kappa shape index (κ1) is 14.4. The molecule has 0 aromatic carbocycles. The van der Waals surface area contributed by atoms with E-state index in [9.17, 15) is 13.2 Å². The van der Waals surface area contributed by atoms with Gasteiger partial charge in [0.2, 0.25) is 5.91 Å². The summed E-state index contributed by atoms with van der Waals surface area (Å²) in [6, 6.07) is 0. The standard InChI is InChI=1S/C11H22N2O3S/c1-10(2,17(3,15)16)8-13-9(14)11(12)6-4-5-7-11/h4-8,12H2,1-3H3,(H,13,14). The number of hydrogen-bond acceptors (Lipinski definition) is 4. The maximum atomic E-state index is 11.9. The lowest BCUT2D eigenvalue weighted by atomic mass is 9.98. The zero-order valence-corrected chi connectivity index (χ0v) is 11.6. The summed E-state index contributed by atoms with van der Waals surface area (Å²) >= 11 is 0. The number of sulfone groups is 1. The lowest BCUT2D eigenvalue weighted by Crippen LogP contribution is -2.55. The fourth-order valence-electron chi connectivity index (χ4n) is 1.83. The largest absolute Gasteiger partial charge is 0.353 e. The molecule has 1 rings (SSSR count). The molecule has 0 aliphatic heterocycles. The molecule has 0 unspecified atom stereocenters. The molecule has 0 radical (unpaired) electrons. The number of carbonyl (C=O) groups is 1. The normalized spacial score (nSPS) is 20.2. The van der Waals surface area contributed by atoms with Crippen molar-refractivity contribution in [2.24, 2.45) is 5.73 Å². The van der Waals surface area contributed by atoms with E-state index in [1.807, 2.05) is 0 Å². The number of hydrogen-bond donors (Lipinski definition) is 2. The van der Waals surface area contributed by atoms with Crippen LogP contribution >= 0.6 is 0 Å². The summed E-state index contributed by atoms with van der Waals surface area (Å²) in [4.78, 5) is 11.9. The maximum Gasteiger partial charge on any atom is 0.240 e. The van der Waals surface area contributed by atoms with Crippen molar-refractivity contribution in [3.63, 3.8) is 0 Å². The van der Waals surface area contributed by atoms with Gasteiger partial charge in [-0.25, -0.2) is 8.42 Å². The minimum absolute atomic E-state index is 0.101. The summed E-state index contributed by atoms with van der Waals surface area (Å²) in [6.07, 6.45) is 4.45. The molecule has 0 spiro atoms. The van der Waals surface area contributed by atoms with Crippen LogP contribution in [0, 0.1) is 0 Å². The highest BCUT2D eigenvalue weighted by Gasteiger charge is 2.38. The third kappa shape index (κ3) is 3.19. The Bertz CT molecular complexity index is 395. The van der Waals surface area contributed by atoms with E-state index in [0.717, 1.165) is 12.8 Å². The lowest BCUT2D eigenvalue weighted by Gasteiger charge is -2.27. The second kappa shape index (κ2) is 4.57. The Kier molecular flexibility index (Phi) is 3.88. The molecule has 3 N–H and O–H groups in total. The van der Waals surface area contributed by atoms with E-state index < -0.39 is 20.1 Å². The lowest BCUT2D eigenvalue weighted by molar-refractivity contribution is -0.126.